The summed E-state index contributed by atoms with van der Waals surface area (Å²) in [6, 6.07) is 14.0. The molecule has 7 nitrogen and oxygen atoms in total. The van der Waals surface area contributed by atoms with Gasteiger partial charge >= 0.3 is 0 Å². The van der Waals surface area contributed by atoms with Crippen LogP contribution >= 0.6 is 0 Å². The highest BCUT2D eigenvalue weighted by atomic mass is 16.5. The van der Waals surface area contributed by atoms with Crippen LogP contribution in [0, 0.1) is 0 Å². The van der Waals surface area contributed by atoms with E-state index in [1.165, 1.54) is 0 Å². The van der Waals surface area contributed by atoms with Crippen LogP contribution in [-0.2, 0) is 22.6 Å². The summed E-state index contributed by atoms with van der Waals surface area (Å²) in [7, 11) is 1.63. The molecule has 31 heavy (non-hydrogen) atoms. The Bertz CT molecular complexity index is 811. The van der Waals surface area contributed by atoms with E-state index in [4.69, 9.17) is 23.9 Å². The molecular formula is C24H35N3O4. The van der Waals surface area contributed by atoms with Crippen molar-refractivity contribution in [3.8, 4) is 11.5 Å². The smallest absolute Gasteiger partial charge is 0.196 e. The van der Waals surface area contributed by atoms with Crippen molar-refractivity contribution in [2.24, 2.45) is 4.99 Å². The number of hydrogen-bond acceptors (Lipinski definition) is 5. The number of benzene rings is 2. The predicted molar refractivity (Wildman–Crippen MR) is 125 cm³/mol. The number of rotatable bonds is 13. The van der Waals surface area contributed by atoms with Crippen molar-refractivity contribution in [3.05, 3.63) is 53.6 Å². The fourth-order valence-corrected chi connectivity index (χ4v) is 2.91. The molecule has 7 heteroatoms. The molecule has 0 atom stereocenters. The third kappa shape index (κ3) is 8.86. The van der Waals surface area contributed by atoms with E-state index in [0.29, 0.717) is 57.0 Å². The van der Waals surface area contributed by atoms with Crippen molar-refractivity contribution in [3.63, 3.8) is 0 Å². The standard InChI is InChI=1S/C24H35N3O4/c1-5-25-24(27-21-11-12-22(28-4)23(16-21)31-7-3)26-17-19-9-8-10-20(15-19)18-30-14-13-29-6-2/h8-12,15-16H,5-7,13-14,17-18H2,1-4H3,(H2,25,26,27). The molecule has 2 rings (SSSR count). The zero-order valence-electron chi connectivity index (χ0n) is 19.1. The molecule has 0 spiro atoms. The Kier molecular flexibility index (Phi) is 11.3. The lowest BCUT2D eigenvalue weighted by Crippen LogP contribution is -2.30. The van der Waals surface area contributed by atoms with Gasteiger partial charge in [-0.15, -0.1) is 0 Å². The van der Waals surface area contributed by atoms with Crippen molar-refractivity contribution < 1.29 is 18.9 Å². The second-order valence-corrected chi connectivity index (χ2v) is 6.69. The highest BCUT2D eigenvalue weighted by Crippen LogP contribution is 2.30. The Morgan fingerprint density at radius 3 is 2.45 bits per heavy atom. The van der Waals surface area contributed by atoms with E-state index >= 15 is 0 Å². The van der Waals surface area contributed by atoms with E-state index in [1.54, 1.807) is 7.11 Å². The quantitative estimate of drug-likeness (QED) is 0.282. The molecule has 0 aliphatic heterocycles. The average Bonchev–Trinajstić information content (AvgIpc) is 2.78. The van der Waals surface area contributed by atoms with Crippen LogP contribution in [0.15, 0.2) is 47.5 Å². The van der Waals surface area contributed by atoms with Gasteiger partial charge in [-0.25, -0.2) is 4.99 Å². The number of ether oxygens (including phenoxy) is 4. The SMILES string of the molecule is CCNC(=NCc1cccc(COCCOCC)c1)Nc1ccc(OC)c(OCC)c1. The van der Waals surface area contributed by atoms with Gasteiger partial charge < -0.3 is 29.6 Å². The van der Waals surface area contributed by atoms with Crippen LogP contribution in [0.25, 0.3) is 0 Å². The first-order valence-corrected chi connectivity index (χ1v) is 10.8. The molecule has 0 unspecified atom stereocenters. The maximum Gasteiger partial charge on any atom is 0.196 e. The van der Waals surface area contributed by atoms with Gasteiger partial charge in [0.05, 0.1) is 40.1 Å². The summed E-state index contributed by atoms with van der Waals surface area (Å²) >= 11 is 0. The van der Waals surface area contributed by atoms with Crippen molar-refractivity contribution in [1.29, 1.82) is 0 Å². The predicted octanol–water partition coefficient (Wildman–Crippen LogP) is 4.22. The van der Waals surface area contributed by atoms with E-state index < -0.39 is 0 Å². The van der Waals surface area contributed by atoms with Crippen LogP contribution < -0.4 is 20.1 Å². The summed E-state index contributed by atoms with van der Waals surface area (Å²) in [6.45, 7) is 10.3. The van der Waals surface area contributed by atoms with E-state index in [0.717, 1.165) is 23.4 Å². The molecule has 0 saturated heterocycles. The Hall–Kier alpha value is -2.77. The number of anilines is 1. The lowest BCUT2D eigenvalue weighted by molar-refractivity contribution is 0.0453. The fraction of sp³-hybridized carbons (Fsp3) is 0.458. The average molecular weight is 430 g/mol. The van der Waals surface area contributed by atoms with Crippen LogP contribution in [0.2, 0.25) is 0 Å². The molecule has 2 aromatic carbocycles. The zero-order valence-corrected chi connectivity index (χ0v) is 19.1. The molecule has 0 amide bonds. The Labute approximate surface area is 185 Å². The van der Waals surface area contributed by atoms with E-state index in [1.807, 2.05) is 45.0 Å². The van der Waals surface area contributed by atoms with Crippen LogP contribution in [0.3, 0.4) is 0 Å². The van der Waals surface area contributed by atoms with Gasteiger partial charge in [0.25, 0.3) is 0 Å². The van der Waals surface area contributed by atoms with Crippen molar-refractivity contribution in [2.45, 2.75) is 33.9 Å². The molecule has 2 aromatic rings. The molecule has 2 N–H and O–H groups in total. The normalized spacial score (nSPS) is 11.3. The molecule has 0 saturated carbocycles. The summed E-state index contributed by atoms with van der Waals surface area (Å²) in [5.74, 6) is 2.10. The maximum atomic E-state index is 5.66. The molecule has 0 fully saturated rings. The van der Waals surface area contributed by atoms with Crippen LogP contribution in [0.4, 0.5) is 5.69 Å². The first kappa shape index (κ1) is 24.5. The molecule has 0 aromatic heterocycles. The minimum absolute atomic E-state index is 0.552. The van der Waals surface area contributed by atoms with Gasteiger partial charge in [0, 0.05) is 24.9 Å². The van der Waals surface area contributed by atoms with E-state index in [2.05, 4.69) is 28.8 Å². The Balaban J connectivity index is 2.01. The monoisotopic (exact) mass is 429 g/mol. The molecule has 0 aliphatic rings. The molecule has 0 aliphatic carbocycles. The van der Waals surface area contributed by atoms with Gasteiger partial charge in [0.15, 0.2) is 17.5 Å². The second kappa shape index (κ2) is 14.3. The molecule has 0 heterocycles. The van der Waals surface area contributed by atoms with Gasteiger partial charge in [-0.1, -0.05) is 24.3 Å². The van der Waals surface area contributed by atoms with Crippen LogP contribution in [0.1, 0.15) is 31.9 Å². The topological polar surface area (TPSA) is 73.3 Å². The number of aliphatic imine (C=N–C) groups is 1. The third-order valence-electron chi connectivity index (χ3n) is 4.33. The van der Waals surface area contributed by atoms with Crippen molar-refractivity contribution in [1.82, 2.24) is 5.32 Å². The summed E-state index contributed by atoms with van der Waals surface area (Å²) in [5.41, 5.74) is 3.12. The third-order valence-corrected chi connectivity index (χ3v) is 4.33. The number of methoxy groups -OCH3 is 1. The highest BCUT2D eigenvalue weighted by molar-refractivity contribution is 5.93. The first-order chi connectivity index (χ1) is 15.2. The Morgan fingerprint density at radius 2 is 1.71 bits per heavy atom. The first-order valence-electron chi connectivity index (χ1n) is 10.8. The number of nitrogens with one attached hydrogen (secondary N) is 2. The summed E-state index contributed by atoms with van der Waals surface area (Å²) in [6.07, 6.45) is 0. The summed E-state index contributed by atoms with van der Waals surface area (Å²) < 4.78 is 22.0. The highest BCUT2D eigenvalue weighted by Gasteiger charge is 2.07. The van der Waals surface area contributed by atoms with E-state index in [-0.39, 0.29) is 0 Å². The minimum Gasteiger partial charge on any atom is -0.493 e. The van der Waals surface area contributed by atoms with Crippen LogP contribution in [0.5, 0.6) is 11.5 Å². The van der Waals surface area contributed by atoms with E-state index in [9.17, 15) is 0 Å². The number of hydrogen-bond donors (Lipinski definition) is 2. The lowest BCUT2D eigenvalue weighted by atomic mass is 10.1. The van der Waals surface area contributed by atoms with Gasteiger partial charge in [-0.2, -0.15) is 0 Å². The number of guanidine groups is 1. The molecular weight excluding hydrogens is 394 g/mol. The second-order valence-electron chi connectivity index (χ2n) is 6.69. The summed E-state index contributed by atoms with van der Waals surface area (Å²) in [4.78, 5) is 4.72. The van der Waals surface area contributed by atoms with Gasteiger partial charge in [-0.3, -0.25) is 0 Å². The zero-order chi connectivity index (χ0) is 22.3. The largest absolute Gasteiger partial charge is 0.493 e. The van der Waals surface area contributed by atoms with Crippen LogP contribution in [-0.4, -0.2) is 46.0 Å². The molecule has 0 bridgehead atoms. The summed E-state index contributed by atoms with van der Waals surface area (Å²) in [5, 5.41) is 6.61. The van der Waals surface area contributed by atoms with Gasteiger partial charge in [0.2, 0.25) is 0 Å². The van der Waals surface area contributed by atoms with Crippen molar-refractivity contribution >= 4 is 11.6 Å². The molecule has 0 radical (unpaired) electrons. The number of nitrogens with zero attached hydrogens (tertiary/aromatic N) is 1. The molecule has 170 valence electrons. The Morgan fingerprint density at radius 1 is 0.903 bits per heavy atom. The fourth-order valence-electron chi connectivity index (χ4n) is 2.91. The van der Waals surface area contributed by atoms with Gasteiger partial charge in [-0.05, 0) is 44.0 Å². The minimum atomic E-state index is 0.552. The van der Waals surface area contributed by atoms with Gasteiger partial charge in [0.1, 0.15) is 0 Å². The lowest BCUT2D eigenvalue weighted by Gasteiger charge is -2.14. The van der Waals surface area contributed by atoms with Crippen molar-refractivity contribution in [2.75, 3.05) is 45.4 Å². The maximum absolute atomic E-state index is 5.66.